The van der Waals surface area contributed by atoms with Gasteiger partial charge in [-0.15, -0.1) is 0 Å². The smallest absolute Gasteiger partial charge is 0.273 e. The number of hydrogen-bond donors (Lipinski definition) is 1. The van der Waals surface area contributed by atoms with Gasteiger partial charge in [-0.2, -0.15) is 5.10 Å². The van der Waals surface area contributed by atoms with Crippen LogP contribution in [0.1, 0.15) is 30.0 Å². The van der Waals surface area contributed by atoms with Crippen LogP contribution in [0.15, 0.2) is 15.7 Å². The van der Waals surface area contributed by atoms with Crippen LogP contribution in [0.5, 0.6) is 0 Å². The molecule has 0 spiro atoms. The fourth-order valence-corrected chi connectivity index (χ4v) is 3.23. The molecule has 1 aliphatic heterocycles. The predicted octanol–water partition coefficient (Wildman–Crippen LogP) is 0.739. The van der Waals surface area contributed by atoms with Crippen molar-refractivity contribution < 1.29 is 0 Å². The van der Waals surface area contributed by atoms with Gasteiger partial charge in [0, 0.05) is 12.6 Å². The number of pyridine rings is 1. The molecule has 3 heterocycles. The maximum Gasteiger partial charge on any atom is 0.273 e. The van der Waals surface area contributed by atoms with Gasteiger partial charge in [-0.1, -0.05) is 0 Å². The largest absolute Gasteiger partial charge is 0.309 e. The molecular formula is C15H20N4O2. The molecule has 0 atom stereocenters. The van der Waals surface area contributed by atoms with Crippen molar-refractivity contribution in [3.8, 4) is 0 Å². The number of fused-ring (bicyclic) bond motifs is 1. The number of aryl methyl sites for hydroxylation is 2. The molecule has 6 heteroatoms. The topological polar surface area (TPSA) is 71.0 Å². The SMILES string of the molecule is Cc1n[nH]c(=O)c2cc(C3CCN(C)CC3)c(=O)n(C)c12. The van der Waals surface area contributed by atoms with Gasteiger partial charge in [0.05, 0.1) is 16.6 Å². The van der Waals surface area contributed by atoms with Gasteiger partial charge in [-0.05, 0) is 51.9 Å². The number of hydrogen-bond acceptors (Lipinski definition) is 4. The van der Waals surface area contributed by atoms with Gasteiger partial charge in [0.1, 0.15) is 0 Å². The van der Waals surface area contributed by atoms with E-state index in [1.54, 1.807) is 24.6 Å². The minimum atomic E-state index is -0.236. The molecule has 3 rings (SSSR count). The molecule has 112 valence electrons. The fraction of sp³-hybridized carbons (Fsp3) is 0.533. The average molecular weight is 288 g/mol. The van der Waals surface area contributed by atoms with Crippen LogP contribution in [0.4, 0.5) is 0 Å². The number of piperidine rings is 1. The summed E-state index contributed by atoms with van der Waals surface area (Å²) in [7, 11) is 3.81. The van der Waals surface area contributed by atoms with Gasteiger partial charge < -0.3 is 9.47 Å². The standard InChI is InChI=1S/C15H20N4O2/c1-9-13-12(14(20)17-16-9)8-11(15(21)19(13)3)10-4-6-18(2)7-5-10/h8,10H,4-7H2,1-3H3,(H,17,20). The molecule has 0 unspecified atom stereocenters. The molecule has 0 bridgehead atoms. The van der Waals surface area contributed by atoms with Crippen LogP contribution < -0.4 is 11.1 Å². The van der Waals surface area contributed by atoms with E-state index in [0.717, 1.165) is 31.5 Å². The first-order valence-corrected chi connectivity index (χ1v) is 7.26. The molecule has 1 N–H and O–H groups in total. The summed E-state index contributed by atoms with van der Waals surface area (Å²) in [6, 6.07) is 1.78. The molecule has 1 fully saturated rings. The van der Waals surface area contributed by atoms with Crippen molar-refractivity contribution in [2.24, 2.45) is 7.05 Å². The molecule has 2 aromatic rings. The van der Waals surface area contributed by atoms with Crippen LogP contribution in [0.25, 0.3) is 10.9 Å². The first-order chi connectivity index (χ1) is 9.99. The molecule has 0 saturated carbocycles. The van der Waals surface area contributed by atoms with Gasteiger partial charge in [0.15, 0.2) is 0 Å². The lowest BCUT2D eigenvalue weighted by atomic mass is 9.89. The Morgan fingerprint density at radius 2 is 1.90 bits per heavy atom. The van der Waals surface area contributed by atoms with Crippen molar-refractivity contribution >= 4 is 10.9 Å². The Hall–Kier alpha value is -1.95. The summed E-state index contributed by atoms with van der Waals surface area (Å²) in [5, 5.41) is 7.01. The summed E-state index contributed by atoms with van der Waals surface area (Å²) in [6.07, 6.45) is 1.92. The second-order valence-electron chi connectivity index (χ2n) is 5.94. The molecule has 2 aromatic heterocycles. The van der Waals surface area contributed by atoms with Crippen LogP contribution in [0.3, 0.4) is 0 Å². The van der Waals surface area contributed by atoms with Gasteiger partial charge in [0.25, 0.3) is 11.1 Å². The zero-order valence-electron chi connectivity index (χ0n) is 12.6. The highest BCUT2D eigenvalue weighted by Crippen LogP contribution is 2.26. The van der Waals surface area contributed by atoms with Crippen LogP contribution in [0, 0.1) is 6.92 Å². The molecule has 0 radical (unpaired) electrons. The normalized spacial score (nSPS) is 17.5. The number of likely N-dealkylation sites (tertiary alicyclic amines) is 1. The molecule has 21 heavy (non-hydrogen) atoms. The van der Waals surface area contributed by atoms with Crippen LogP contribution >= 0.6 is 0 Å². The Bertz CT molecular complexity index is 798. The zero-order valence-corrected chi connectivity index (χ0v) is 12.6. The number of aromatic amines is 1. The third-order valence-electron chi connectivity index (χ3n) is 4.51. The number of H-pyrrole nitrogens is 1. The van der Waals surface area contributed by atoms with E-state index >= 15 is 0 Å². The van der Waals surface area contributed by atoms with Crippen molar-refractivity contribution in [2.75, 3.05) is 20.1 Å². The lowest BCUT2D eigenvalue weighted by Crippen LogP contribution is -2.33. The number of aromatic nitrogens is 3. The third kappa shape index (κ3) is 2.29. The minimum Gasteiger partial charge on any atom is -0.309 e. The van der Waals surface area contributed by atoms with E-state index in [1.165, 1.54) is 0 Å². The highest BCUT2D eigenvalue weighted by atomic mass is 16.1. The maximum absolute atomic E-state index is 12.6. The second kappa shape index (κ2) is 5.11. The summed E-state index contributed by atoms with van der Waals surface area (Å²) < 4.78 is 1.57. The quantitative estimate of drug-likeness (QED) is 0.840. The first-order valence-electron chi connectivity index (χ1n) is 7.26. The number of rotatable bonds is 1. The van der Waals surface area contributed by atoms with E-state index in [4.69, 9.17) is 0 Å². The lowest BCUT2D eigenvalue weighted by Gasteiger charge is -2.29. The molecule has 0 aromatic carbocycles. The first kappa shape index (κ1) is 14.0. The molecule has 6 nitrogen and oxygen atoms in total. The van der Waals surface area contributed by atoms with Gasteiger partial charge in [0.2, 0.25) is 0 Å². The molecule has 0 aliphatic carbocycles. The van der Waals surface area contributed by atoms with Crippen molar-refractivity contribution in [3.63, 3.8) is 0 Å². The van der Waals surface area contributed by atoms with E-state index < -0.39 is 0 Å². The van der Waals surface area contributed by atoms with Crippen molar-refractivity contribution in [3.05, 3.63) is 38.0 Å². The van der Waals surface area contributed by atoms with E-state index in [0.29, 0.717) is 16.6 Å². The Balaban J connectivity index is 2.21. The predicted molar refractivity (Wildman–Crippen MR) is 81.8 cm³/mol. The van der Waals surface area contributed by atoms with Crippen LogP contribution in [-0.2, 0) is 7.05 Å². The number of nitrogens with one attached hydrogen (secondary N) is 1. The monoisotopic (exact) mass is 288 g/mol. The lowest BCUT2D eigenvalue weighted by molar-refractivity contribution is 0.254. The fourth-order valence-electron chi connectivity index (χ4n) is 3.23. The van der Waals surface area contributed by atoms with Crippen LogP contribution in [-0.4, -0.2) is 39.8 Å². The Morgan fingerprint density at radius 1 is 1.24 bits per heavy atom. The van der Waals surface area contributed by atoms with Gasteiger partial charge in [-0.3, -0.25) is 9.59 Å². The Labute approximate surface area is 122 Å². The summed E-state index contributed by atoms with van der Waals surface area (Å²) in [4.78, 5) is 26.9. The molecular weight excluding hydrogens is 268 g/mol. The third-order valence-corrected chi connectivity index (χ3v) is 4.51. The zero-order chi connectivity index (χ0) is 15.1. The minimum absolute atomic E-state index is 0.00690. The van der Waals surface area contributed by atoms with Crippen molar-refractivity contribution in [2.45, 2.75) is 25.7 Å². The van der Waals surface area contributed by atoms with E-state index in [2.05, 4.69) is 22.1 Å². The van der Waals surface area contributed by atoms with Gasteiger partial charge >= 0.3 is 0 Å². The Kier molecular flexibility index (Phi) is 3.41. The van der Waals surface area contributed by atoms with E-state index in [1.807, 2.05) is 0 Å². The van der Waals surface area contributed by atoms with E-state index in [9.17, 15) is 9.59 Å². The van der Waals surface area contributed by atoms with Crippen molar-refractivity contribution in [1.29, 1.82) is 0 Å². The maximum atomic E-state index is 12.6. The Morgan fingerprint density at radius 3 is 2.57 bits per heavy atom. The highest BCUT2D eigenvalue weighted by Gasteiger charge is 2.23. The summed E-state index contributed by atoms with van der Waals surface area (Å²) in [6.45, 7) is 3.77. The van der Waals surface area contributed by atoms with Crippen LogP contribution in [0.2, 0.25) is 0 Å². The average Bonchev–Trinajstić information content (AvgIpc) is 2.47. The van der Waals surface area contributed by atoms with E-state index in [-0.39, 0.29) is 17.0 Å². The highest BCUT2D eigenvalue weighted by molar-refractivity contribution is 5.80. The second-order valence-corrected chi connectivity index (χ2v) is 5.94. The summed E-state index contributed by atoms with van der Waals surface area (Å²) in [5.41, 5.74) is 1.81. The summed E-state index contributed by atoms with van der Waals surface area (Å²) >= 11 is 0. The van der Waals surface area contributed by atoms with Crippen molar-refractivity contribution in [1.82, 2.24) is 19.7 Å². The summed E-state index contributed by atoms with van der Waals surface area (Å²) in [5.74, 6) is 0.233. The molecule has 1 saturated heterocycles. The van der Waals surface area contributed by atoms with Gasteiger partial charge in [-0.25, -0.2) is 5.10 Å². The molecule has 1 aliphatic rings. The molecule has 0 amide bonds. The number of nitrogens with zero attached hydrogens (tertiary/aromatic N) is 3.